The van der Waals surface area contributed by atoms with Crippen molar-refractivity contribution in [1.82, 2.24) is 9.47 Å². The number of hydrogen-bond donors (Lipinski definition) is 1. The van der Waals surface area contributed by atoms with Crippen LogP contribution in [0.2, 0.25) is 0 Å². The zero-order chi connectivity index (χ0) is 24.4. The highest BCUT2D eigenvalue weighted by molar-refractivity contribution is 5.94. The Labute approximate surface area is 192 Å². The Hall–Kier alpha value is -3.24. The minimum Gasteiger partial charge on any atom is -0.477 e. The van der Waals surface area contributed by atoms with Gasteiger partial charge in [0.15, 0.2) is 5.82 Å². The maximum Gasteiger partial charge on any atom is 0.409 e. The second-order valence-corrected chi connectivity index (χ2v) is 9.27. The zero-order valence-electron chi connectivity index (χ0n) is 18.5. The molecule has 1 aromatic carbocycles. The van der Waals surface area contributed by atoms with E-state index in [0.29, 0.717) is 12.8 Å². The van der Waals surface area contributed by atoms with Gasteiger partial charge in [-0.1, -0.05) is 0 Å². The number of nitrogens with zero attached hydrogens (tertiary/aromatic N) is 3. The molecule has 5 rings (SSSR count). The van der Waals surface area contributed by atoms with Gasteiger partial charge >= 0.3 is 12.1 Å². The van der Waals surface area contributed by atoms with Gasteiger partial charge in [0.2, 0.25) is 5.43 Å². The van der Waals surface area contributed by atoms with E-state index in [1.54, 1.807) is 6.92 Å². The van der Waals surface area contributed by atoms with E-state index < -0.39 is 58.5 Å². The molecular formula is C23H24F3N3O5. The van der Waals surface area contributed by atoms with E-state index in [9.17, 15) is 23.9 Å². The predicted molar refractivity (Wildman–Crippen MR) is 116 cm³/mol. The van der Waals surface area contributed by atoms with Gasteiger partial charge in [-0.2, -0.15) is 0 Å². The van der Waals surface area contributed by atoms with Crippen molar-refractivity contribution < 1.29 is 32.6 Å². The van der Waals surface area contributed by atoms with Gasteiger partial charge in [0.1, 0.15) is 17.1 Å². The van der Waals surface area contributed by atoms with Gasteiger partial charge in [-0.05, 0) is 32.3 Å². The third kappa shape index (κ3) is 3.24. The Kier molecular flexibility index (Phi) is 5.25. The Morgan fingerprint density at radius 3 is 2.65 bits per heavy atom. The lowest BCUT2D eigenvalue weighted by molar-refractivity contribution is 0.0694. The number of rotatable bonds is 5. The number of likely N-dealkylation sites (tertiary alicyclic amines) is 1. The minimum atomic E-state index is -1.47. The van der Waals surface area contributed by atoms with Crippen molar-refractivity contribution in [3.05, 3.63) is 39.7 Å². The highest BCUT2D eigenvalue weighted by Gasteiger charge is 2.56. The summed E-state index contributed by atoms with van der Waals surface area (Å²) < 4.78 is 52.1. The van der Waals surface area contributed by atoms with E-state index in [4.69, 9.17) is 4.74 Å². The number of aromatic carboxylic acids is 1. The van der Waals surface area contributed by atoms with Crippen molar-refractivity contribution >= 4 is 28.7 Å². The summed E-state index contributed by atoms with van der Waals surface area (Å²) in [6.07, 6.45) is 2.15. The average Bonchev–Trinajstić information content (AvgIpc) is 3.48. The zero-order valence-corrected chi connectivity index (χ0v) is 18.5. The molecule has 1 saturated carbocycles. The van der Waals surface area contributed by atoms with Crippen LogP contribution in [0.1, 0.15) is 42.6 Å². The molecule has 0 spiro atoms. The molecule has 2 unspecified atom stereocenters. The number of carboxylic acids is 1. The molecule has 1 aromatic heterocycles. The maximum absolute atomic E-state index is 16.0. The van der Waals surface area contributed by atoms with E-state index in [0.717, 1.165) is 12.3 Å². The average molecular weight is 479 g/mol. The van der Waals surface area contributed by atoms with Crippen LogP contribution in [0.15, 0.2) is 17.1 Å². The first kappa shape index (κ1) is 22.5. The number of fused-ring (bicyclic) bond motifs is 2. The van der Waals surface area contributed by atoms with Crippen LogP contribution in [0.25, 0.3) is 10.9 Å². The largest absolute Gasteiger partial charge is 0.477 e. The maximum atomic E-state index is 16.0. The highest BCUT2D eigenvalue weighted by atomic mass is 19.1. The van der Waals surface area contributed by atoms with E-state index in [1.165, 1.54) is 14.4 Å². The summed E-state index contributed by atoms with van der Waals surface area (Å²) in [4.78, 5) is 39.3. The van der Waals surface area contributed by atoms with Crippen LogP contribution < -0.4 is 10.3 Å². The van der Waals surface area contributed by atoms with Gasteiger partial charge < -0.3 is 24.2 Å². The van der Waals surface area contributed by atoms with Crippen molar-refractivity contribution in [3.8, 4) is 0 Å². The summed E-state index contributed by atoms with van der Waals surface area (Å²) in [6.45, 7) is 1.33. The molecule has 2 atom stereocenters. The molecule has 8 nitrogen and oxygen atoms in total. The summed E-state index contributed by atoms with van der Waals surface area (Å²) in [7, 11) is 0. The first-order chi connectivity index (χ1) is 16.2. The van der Waals surface area contributed by atoms with Crippen LogP contribution in [0.5, 0.6) is 0 Å². The molecule has 3 aliphatic rings. The fourth-order valence-corrected chi connectivity index (χ4v) is 5.43. The number of carbonyl (C=O) groups excluding carboxylic acids is 1. The van der Waals surface area contributed by atoms with Crippen LogP contribution in [0.4, 0.5) is 23.7 Å². The number of pyridine rings is 1. The number of anilines is 1. The molecule has 182 valence electrons. The Balaban J connectivity index is 1.64. The summed E-state index contributed by atoms with van der Waals surface area (Å²) in [5.74, 6) is -3.49. The van der Waals surface area contributed by atoms with Crippen molar-refractivity contribution in [2.45, 2.75) is 38.3 Å². The smallest absolute Gasteiger partial charge is 0.409 e. The second kappa shape index (κ2) is 7.92. The molecule has 0 bridgehead atoms. The molecule has 3 heterocycles. The number of amides is 1. The Bertz CT molecular complexity index is 1260. The number of carboxylic acid groups (broad SMARTS) is 1. The topological polar surface area (TPSA) is 92.1 Å². The van der Waals surface area contributed by atoms with Crippen molar-refractivity contribution in [1.29, 1.82) is 0 Å². The van der Waals surface area contributed by atoms with E-state index in [2.05, 4.69) is 0 Å². The Morgan fingerprint density at radius 1 is 1.29 bits per heavy atom. The van der Waals surface area contributed by atoms with Crippen LogP contribution in [-0.2, 0) is 4.74 Å². The fourth-order valence-electron chi connectivity index (χ4n) is 5.43. The molecular weight excluding hydrogens is 455 g/mol. The molecule has 11 heteroatoms. The summed E-state index contributed by atoms with van der Waals surface area (Å²) in [6, 6.07) is 0.000558. The molecule has 3 fully saturated rings. The molecule has 0 radical (unpaired) electrons. The van der Waals surface area contributed by atoms with Gasteiger partial charge in [-0.15, -0.1) is 0 Å². The normalized spacial score (nSPS) is 24.1. The van der Waals surface area contributed by atoms with Gasteiger partial charge in [-0.25, -0.2) is 18.4 Å². The molecule has 2 aromatic rings. The lowest BCUT2D eigenvalue weighted by Crippen LogP contribution is -2.41. The number of aromatic nitrogens is 1. The van der Waals surface area contributed by atoms with Gasteiger partial charge in [-0.3, -0.25) is 9.18 Å². The number of halogens is 3. The minimum absolute atomic E-state index is 0.0487. The van der Waals surface area contributed by atoms with Crippen LogP contribution in [0, 0.1) is 17.0 Å². The molecule has 1 aliphatic carbocycles. The SMILES string of the molecule is CCOC(=O)N1CC2N(c3c(F)cc4c(=O)c(C(=O)O)cn(C5CC5)c4c3F)CCC2(CF)C1. The summed E-state index contributed by atoms with van der Waals surface area (Å²) >= 11 is 0. The van der Waals surface area contributed by atoms with Gasteiger partial charge in [0, 0.05) is 37.3 Å². The predicted octanol–water partition coefficient (Wildman–Crippen LogP) is 3.32. The number of alkyl halides is 1. The molecule has 1 N–H and O–H groups in total. The number of carbonyl (C=O) groups is 2. The van der Waals surface area contributed by atoms with E-state index in [1.807, 2.05) is 0 Å². The molecule has 2 saturated heterocycles. The van der Waals surface area contributed by atoms with Gasteiger partial charge in [0.25, 0.3) is 0 Å². The summed E-state index contributed by atoms with van der Waals surface area (Å²) in [5.41, 5.74) is -3.05. The van der Waals surface area contributed by atoms with Crippen molar-refractivity contribution in [2.24, 2.45) is 5.41 Å². The molecule has 2 aliphatic heterocycles. The molecule has 1 amide bonds. The first-order valence-electron chi connectivity index (χ1n) is 11.3. The number of ether oxygens (including phenoxy) is 1. The fraction of sp³-hybridized carbons (Fsp3) is 0.522. The van der Waals surface area contributed by atoms with Crippen LogP contribution >= 0.6 is 0 Å². The summed E-state index contributed by atoms with van der Waals surface area (Å²) in [5, 5.41) is 9.05. The van der Waals surface area contributed by atoms with E-state index >= 15 is 8.78 Å². The third-order valence-corrected chi connectivity index (χ3v) is 7.27. The highest BCUT2D eigenvalue weighted by Crippen LogP contribution is 2.47. The number of benzene rings is 1. The van der Waals surface area contributed by atoms with E-state index in [-0.39, 0.29) is 49.6 Å². The quantitative estimate of drug-likeness (QED) is 0.708. The monoisotopic (exact) mass is 479 g/mol. The second-order valence-electron chi connectivity index (χ2n) is 9.27. The van der Waals surface area contributed by atoms with Crippen LogP contribution in [0.3, 0.4) is 0 Å². The van der Waals surface area contributed by atoms with Gasteiger partial charge in [0.05, 0.1) is 30.2 Å². The van der Waals surface area contributed by atoms with Crippen molar-refractivity contribution in [2.75, 3.05) is 37.8 Å². The lowest BCUT2D eigenvalue weighted by atomic mass is 9.84. The molecule has 34 heavy (non-hydrogen) atoms. The van der Waals surface area contributed by atoms with Crippen molar-refractivity contribution in [3.63, 3.8) is 0 Å². The standard InChI is InChI=1S/C23H24F3N3O5/c1-2-34-22(33)27-9-16-23(10-24,11-27)5-6-28(16)19-15(25)7-13-18(17(19)26)29(12-3-4-12)8-14(20(13)30)21(31)32/h7-8,12,16H,2-6,9-11H2,1H3,(H,31,32). The van der Waals surface area contributed by atoms with Crippen LogP contribution in [-0.4, -0.2) is 65.6 Å². The first-order valence-corrected chi connectivity index (χ1v) is 11.3. The third-order valence-electron chi connectivity index (χ3n) is 7.27. The lowest BCUT2D eigenvalue weighted by Gasteiger charge is -2.31. The Morgan fingerprint density at radius 2 is 2.03 bits per heavy atom. The number of hydrogen-bond acceptors (Lipinski definition) is 5.